The largest absolute Gasteiger partial charge is 0.386 e. The lowest BCUT2D eigenvalue weighted by atomic mass is 9.89. The topological polar surface area (TPSA) is 40.5 Å². The molecule has 1 amide bonds. The van der Waals surface area contributed by atoms with E-state index in [0.717, 1.165) is 30.1 Å². The summed E-state index contributed by atoms with van der Waals surface area (Å²) in [5.41, 5.74) is 0.736. The van der Waals surface area contributed by atoms with Crippen molar-refractivity contribution in [2.24, 2.45) is 5.92 Å². The van der Waals surface area contributed by atoms with Crippen LogP contribution >= 0.6 is 11.3 Å². The molecule has 1 aromatic heterocycles. The summed E-state index contributed by atoms with van der Waals surface area (Å²) in [6, 6.07) is 2.08. The van der Waals surface area contributed by atoms with E-state index in [0.29, 0.717) is 13.1 Å². The summed E-state index contributed by atoms with van der Waals surface area (Å²) in [5, 5.41) is 9.99. The number of aryl methyl sites for hydroxylation is 1. The van der Waals surface area contributed by atoms with E-state index in [1.807, 2.05) is 6.92 Å². The Morgan fingerprint density at radius 3 is 3.00 bits per heavy atom. The zero-order chi connectivity index (χ0) is 13.6. The van der Waals surface area contributed by atoms with Crippen LogP contribution < -0.4 is 0 Å². The maximum Gasteiger partial charge on any atom is 0.264 e. The SMILES string of the molecule is CCC1(O)CN(C(=O)c2cc3c(s2)CCC(C)C3)C1. The standard InChI is InChI=1S/C15H21NO2S/c1-3-15(18)8-16(9-15)14(17)13-7-11-6-10(2)4-5-12(11)19-13/h7,10,18H,3-6,8-9H2,1-2H3. The molecule has 1 aliphatic carbocycles. The summed E-state index contributed by atoms with van der Waals surface area (Å²) in [5.74, 6) is 0.837. The highest BCUT2D eigenvalue weighted by Crippen LogP contribution is 2.34. The lowest BCUT2D eigenvalue weighted by Crippen LogP contribution is -2.63. The molecule has 3 rings (SSSR count). The Bertz CT molecular complexity index is 502. The van der Waals surface area contributed by atoms with Crippen LogP contribution in [0.1, 0.15) is 46.8 Å². The fourth-order valence-corrected chi connectivity index (χ4v) is 4.17. The first-order valence-electron chi connectivity index (χ1n) is 7.14. The fourth-order valence-electron chi connectivity index (χ4n) is 3.00. The van der Waals surface area contributed by atoms with E-state index >= 15 is 0 Å². The van der Waals surface area contributed by atoms with E-state index in [1.165, 1.54) is 16.9 Å². The summed E-state index contributed by atoms with van der Waals surface area (Å²) in [7, 11) is 0. The number of carbonyl (C=O) groups is 1. The summed E-state index contributed by atoms with van der Waals surface area (Å²) >= 11 is 1.66. The summed E-state index contributed by atoms with van der Waals surface area (Å²) < 4.78 is 0. The van der Waals surface area contributed by atoms with Gasteiger partial charge in [0.2, 0.25) is 0 Å². The number of hydrogen-bond acceptors (Lipinski definition) is 3. The molecule has 2 heterocycles. The zero-order valence-electron chi connectivity index (χ0n) is 11.6. The van der Waals surface area contributed by atoms with E-state index in [-0.39, 0.29) is 5.91 Å². The van der Waals surface area contributed by atoms with Crippen molar-refractivity contribution in [2.75, 3.05) is 13.1 Å². The van der Waals surface area contributed by atoms with Crippen LogP contribution in [0.5, 0.6) is 0 Å². The first-order valence-corrected chi connectivity index (χ1v) is 7.95. The second kappa shape index (κ2) is 4.60. The van der Waals surface area contributed by atoms with Crippen molar-refractivity contribution < 1.29 is 9.90 Å². The third kappa shape index (κ3) is 2.32. The number of nitrogens with zero attached hydrogens (tertiary/aromatic N) is 1. The third-order valence-corrected chi connectivity index (χ3v) is 5.68. The molecule has 0 saturated carbocycles. The van der Waals surface area contributed by atoms with Crippen LogP contribution in [0.15, 0.2) is 6.07 Å². The number of thiophene rings is 1. The first-order chi connectivity index (χ1) is 9.00. The van der Waals surface area contributed by atoms with Crippen LogP contribution in [-0.2, 0) is 12.8 Å². The van der Waals surface area contributed by atoms with Crippen molar-refractivity contribution in [3.8, 4) is 0 Å². The Balaban J connectivity index is 1.72. The molecular formula is C15H21NO2S. The smallest absolute Gasteiger partial charge is 0.264 e. The second-order valence-corrected chi connectivity index (χ2v) is 7.28. The van der Waals surface area contributed by atoms with Gasteiger partial charge in [-0.05, 0) is 43.2 Å². The molecule has 0 radical (unpaired) electrons. The Labute approximate surface area is 118 Å². The highest BCUT2D eigenvalue weighted by atomic mass is 32.1. The molecule has 4 heteroatoms. The number of amides is 1. The van der Waals surface area contributed by atoms with Crippen LogP contribution in [0, 0.1) is 5.92 Å². The molecular weight excluding hydrogens is 258 g/mol. The normalized spacial score (nSPS) is 24.8. The van der Waals surface area contributed by atoms with Gasteiger partial charge in [0.1, 0.15) is 0 Å². The number of fused-ring (bicyclic) bond motifs is 1. The first kappa shape index (κ1) is 13.1. The van der Waals surface area contributed by atoms with Gasteiger partial charge in [0.05, 0.1) is 23.6 Å². The van der Waals surface area contributed by atoms with Gasteiger partial charge in [0, 0.05) is 4.88 Å². The Morgan fingerprint density at radius 1 is 1.58 bits per heavy atom. The lowest BCUT2D eigenvalue weighted by molar-refractivity contribution is -0.0824. The zero-order valence-corrected chi connectivity index (χ0v) is 12.4. The highest BCUT2D eigenvalue weighted by molar-refractivity contribution is 7.14. The average molecular weight is 279 g/mol. The van der Waals surface area contributed by atoms with Gasteiger partial charge in [0.25, 0.3) is 5.91 Å². The Morgan fingerprint density at radius 2 is 2.32 bits per heavy atom. The maximum absolute atomic E-state index is 12.4. The second-order valence-electron chi connectivity index (χ2n) is 6.15. The minimum atomic E-state index is -0.638. The molecule has 1 N–H and O–H groups in total. The molecule has 104 valence electrons. The van der Waals surface area contributed by atoms with Gasteiger partial charge < -0.3 is 10.0 Å². The number of hydrogen-bond donors (Lipinski definition) is 1. The molecule has 0 bridgehead atoms. The van der Waals surface area contributed by atoms with Crippen LogP contribution in [0.25, 0.3) is 0 Å². The molecule has 0 spiro atoms. The van der Waals surface area contributed by atoms with E-state index in [2.05, 4.69) is 13.0 Å². The van der Waals surface area contributed by atoms with Gasteiger partial charge in [-0.25, -0.2) is 0 Å². The predicted octanol–water partition coefficient (Wildman–Crippen LogP) is 2.47. The maximum atomic E-state index is 12.4. The minimum absolute atomic E-state index is 0.102. The molecule has 19 heavy (non-hydrogen) atoms. The van der Waals surface area contributed by atoms with E-state index < -0.39 is 5.60 Å². The minimum Gasteiger partial charge on any atom is -0.386 e. The van der Waals surface area contributed by atoms with Crippen LogP contribution in [0.4, 0.5) is 0 Å². The van der Waals surface area contributed by atoms with Crippen molar-refractivity contribution in [2.45, 2.75) is 45.1 Å². The molecule has 1 atom stereocenters. The lowest BCUT2D eigenvalue weighted by Gasteiger charge is -2.45. The molecule has 1 aromatic rings. The van der Waals surface area contributed by atoms with E-state index in [9.17, 15) is 9.90 Å². The van der Waals surface area contributed by atoms with Crippen molar-refractivity contribution in [3.63, 3.8) is 0 Å². The van der Waals surface area contributed by atoms with Gasteiger partial charge in [0.15, 0.2) is 0 Å². The monoisotopic (exact) mass is 279 g/mol. The number of aliphatic hydroxyl groups is 1. The van der Waals surface area contributed by atoms with Gasteiger partial charge in [-0.3, -0.25) is 4.79 Å². The highest BCUT2D eigenvalue weighted by Gasteiger charge is 2.42. The van der Waals surface area contributed by atoms with Crippen LogP contribution in [0.3, 0.4) is 0 Å². The predicted molar refractivity (Wildman–Crippen MR) is 76.7 cm³/mol. The number of carbonyl (C=O) groups excluding carboxylic acids is 1. The van der Waals surface area contributed by atoms with Gasteiger partial charge in [-0.15, -0.1) is 11.3 Å². The Hall–Kier alpha value is -0.870. The van der Waals surface area contributed by atoms with Crippen LogP contribution in [0.2, 0.25) is 0 Å². The van der Waals surface area contributed by atoms with E-state index in [4.69, 9.17) is 0 Å². The van der Waals surface area contributed by atoms with Gasteiger partial charge in [-0.1, -0.05) is 13.8 Å². The Kier molecular flexibility index (Phi) is 3.18. The van der Waals surface area contributed by atoms with Gasteiger partial charge >= 0.3 is 0 Å². The third-order valence-electron chi connectivity index (χ3n) is 4.46. The quantitative estimate of drug-likeness (QED) is 0.903. The fraction of sp³-hybridized carbons (Fsp3) is 0.667. The molecule has 2 aliphatic rings. The molecule has 3 nitrogen and oxygen atoms in total. The van der Waals surface area contributed by atoms with Crippen molar-refractivity contribution in [1.82, 2.24) is 4.90 Å². The van der Waals surface area contributed by atoms with Crippen LogP contribution in [-0.4, -0.2) is 34.6 Å². The molecule has 1 unspecified atom stereocenters. The number of β-amino-alcohol motifs (C(OH)–C–C–N with tert-alkyl or cyclic N) is 1. The van der Waals surface area contributed by atoms with Gasteiger partial charge in [-0.2, -0.15) is 0 Å². The summed E-state index contributed by atoms with van der Waals surface area (Å²) in [6.07, 6.45) is 4.18. The summed E-state index contributed by atoms with van der Waals surface area (Å²) in [4.78, 5) is 16.4. The van der Waals surface area contributed by atoms with Crippen molar-refractivity contribution in [3.05, 3.63) is 21.4 Å². The van der Waals surface area contributed by atoms with Crippen molar-refractivity contribution >= 4 is 17.2 Å². The molecule has 1 aliphatic heterocycles. The number of rotatable bonds is 2. The summed E-state index contributed by atoms with van der Waals surface area (Å²) in [6.45, 7) is 5.22. The average Bonchev–Trinajstić information content (AvgIpc) is 2.77. The molecule has 0 aromatic carbocycles. The molecule has 1 fully saturated rings. The van der Waals surface area contributed by atoms with E-state index in [1.54, 1.807) is 16.2 Å². The van der Waals surface area contributed by atoms with Crippen molar-refractivity contribution in [1.29, 1.82) is 0 Å². The number of likely N-dealkylation sites (tertiary alicyclic amines) is 1. The molecule has 1 saturated heterocycles.